The molecular formula is C20H40ClNO4. The van der Waals surface area contributed by atoms with Crippen molar-refractivity contribution in [1.82, 2.24) is 0 Å². The van der Waals surface area contributed by atoms with Gasteiger partial charge in [-0.05, 0) is 12.8 Å². The van der Waals surface area contributed by atoms with Gasteiger partial charge in [0.05, 0.1) is 21.0 Å². The fourth-order valence-corrected chi connectivity index (χ4v) is 2.51. The molecule has 0 saturated carbocycles. The number of hydrogen-bond donors (Lipinski definition) is 1. The van der Waals surface area contributed by atoms with E-state index in [1.807, 2.05) is 14.1 Å². The van der Waals surface area contributed by atoms with Gasteiger partial charge in [-0.25, -0.2) is 0 Å². The van der Waals surface area contributed by atoms with Crippen LogP contribution in [0.4, 0.5) is 0 Å². The molecule has 0 atom stereocenters. The van der Waals surface area contributed by atoms with Crippen LogP contribution in [0.3, 0.4) is 0 Å². The van der Waals surface area contributed by atoms with Crippen LogP contribution in [0.5, 0.6) is 0 Å². The second-order valence-electron chi connectivity index (χ2n) is 7.22. The first-order chi connectivity index (χ1) is 11.9. The van der Waals surface area contributed by atoms with Gasteiger partial charge < -0.3 is 21.9 Å². The van der Waals surface area contributed by atoms with Crippen molar-refractivity contribution in [3.63, 3.8) is 0 Å². The zero-order valence-electron chi connectivity index (χ0n) is 17.5. The van der Waals surface area contributed by atoms with Crippen molar-refractivity contribution in [2.45, 2.75) is 104 Å². The lowest BCUT2D eigenvalue weighted by Crippen LogP contribution is -3.15. The molecule has 0 amide bonds. The minimum Gasteiger partial charge on any atom is -1.00 e. The minimum absolute atomic E-state index is 0. The molecule has 0 aromatic rings. The van der Waals surface area contributed by atoms with Crippen molar-refractivity contribution in [1.29, 1.82) is 0 Å². The SMILES string of the molecule is CCCCCCCC(=O)OC(C)(OC(=O)CCCCCCC)[NH+](C)C.[Cl-]. The quantitative estimate of drug-likeness (QED) is 0.252. The van der Waals surface area contributed by atoms with E-state index in [-0.39, 0.29) is 24.3 Å². The van der Waals surface area contributed by atoms with Gasteiger partial charge >= 0.3 is 17.8 Å². The Hall–Kier alpha value is -0.810. The molecule has 0 aliphatic carbocycles. The van der Waals surface area contributed by atoms with Crippen molar-refractivity contribution in [3.8, 4) is 0 Å². The Morgan fingerprint density at radius 2 is 1.08 bits per heavy atom. The van der Waals surface area contributed by atoms with Crippen LogP contribution in [0.1, 0.15) is 97.8 Å². The molecule has 0 unspecified atom stereocenters. The molecule has 1 N–H and O–H groups in total. The standard InChI is InChI=1S/C20H39NO4.ClH/c1-6-8-10-12-14-16-18(22)24-20(3,21(4)5)25-19(23)17-15-13-11-9-7-2;/h6-17H2,1-5H3;1H. The van der Waals surface area contributed by atoms with E-state index in [4.69, 9.17) is 9.47 Å². The predicted octanol–water partition coefficient (Wildman–Crippen LogP) is 0.616. The molecule has 0 aromatic carbocycles. The first kappa shape index (κ1) is 27.4. The summed E-state index contributed by atoms with van der Waals surface area (Å²) in [5, 5.41) is 0. The fraction of sp³-hybridized carbons (Fsp3) is 0.900. The van der Waals surface area contributed by atoms with Gasteiger partial charge in [0.25, 0.3) is 0 Å². The number of unbranched alkanes of at least 4 members (excludes halogenated alkanes) is 8. The summed E-state index contributed by atoms with van der Waals surface area (Å²) in [5.74, 6) is -1.84. The van der Waals surface area contributed by atoms with Gasteiger partial charge in [0.15, 0.2) is 0 Å². The highest BCUT2D eigenvalue weighted by Crippen LogP contribution is 2.13. The summed E-state index contributed by atoms with van der Waals surface area (Å²) in [4.78, 5) is 24.9. The van der Waals surface area contributed by atoms with Gasteiger partial charge in [-0.2, -0.15) is 0 Å². The van der Waals surface area contributed by atoms with Gasteiger partial charge in [-0.1, -0.05) is 65.2 Å². The highest BCUT2D eigenvalue weighted by Gasteiger charge is 2.40. The van der Waals surface area contributed by atoms with Crippen LogP contribution >= 0.6 is 0 Å². The Morgan fingerprint density at radius 3 is 1.38 bits per heavy atom. The maximum Gasteiger partial charge on any atom is 0.403 e. The number of carbonyl (C=O) groups excluding carboxylic acids is 2. The van der Waals surface area contributed by atoms with E-state index < -0.39 is 5.91 Å². The van der Waals surface area contributed by atoms with E-state index in [0.717, 1.165) is 43.4 Å². The Bertz CT molecular complexity index is 347. The Balaban J connectivity index is 0. The fourth-order valence-electron chi connectivity index (χ4n) is 2.51. The highest BCUT2D eigenvalue weighted by atomic mass is 35.5. The molecule has 6 heteroatoms. The van der Waals surface area contributed by atoms with Crippen LogP contribution in [0, 0.1) is 0 Å². The van der Waals surface area contributed by atoms with Gasteiger partial charge in [-0.3, -0.25) is 14.5 Å². The molecule has 0 bridgehead atoms. The molecule has 5 nitrogen and oxygen atoms in total. The lowest BCUT2D eigenvalue weighted by Gasteiger charge is -2.30. The maximum absolute atomic E-state index is 12.1. The molecule has 0 fully saturated rings. The van der Waals surface area contributed by atoms with Crippen LogP contribution in [-0.4, -0.2) is 31.9 Å². The van der Waals surface area contributed by atoms with Crippen molar-refractivity contribution >= 4 is 11.9 Å². The zero-order valence-corrected chi connectivity index (χ0v) is 18.3. The molecule has 0 aromatic heterocycles. The van der Waals surface area contributed by atoms with E-state index in [2.05, 4.69) is 13.8 Å². The monoisotopic (exact) mass is 393 g/mol. The largest absolute Gasteiger partial charge is 1.00 e. The molecule has 0 heterocycles. The molecule has 0 aliphatic heterocycles. The van der Waals surface area contributed by atoms with E-state index in [9.17, 15) is 9.59 Å². The molecule has 0 radical (unpaired) electrons. The third-order valence-electron chi connectivity index (χ3n) is 4.49. The number of carbonyl (C=O) groups is 2. The Labute approximate surface area is 166 Å². The highest BCUT2D eigenvalue weighted by molar-refractivity contribution is 5.71. The maximum atomic E-state index is 12.1. The van der Waals surface area contributed by atoms with Gasteiger partial charge in [0, 0.05) is 12.8 Å². The topological polar surface area (TPSA) is 57.0 Å². The van der Waals surface area contributed by atoms with Crippen molar-refractivity contribution in [2.75, 3.05) is 14.1 Å². The average molecular weight is 394 g/mol. The summed E-state index contributed by atoms with van der Waals surface area (Å²) in [6.45, 7) is 5.99. The molecule has 0 aliphatic rings. The van der Waals surface area contributed by atoms with E-state index in [1.54, 1.807) is 6.92 Å². The summed E-state index contributed by atoms with van der Waals surface area (Å²) in [5.41, 5.74) is 0. The zero-order chi connectivity index (χ0) is 19.1. The third kappa shape index (κ3) is 13.4. The summed E-state index contributed by atoms with van der Waals surface area (Å²) in [6, 6.07) is 0. The second-order valence-corrected chi connectivity index (χ2v) is 7.22. The van der Waals surface area contributed by atoms with Crippen molar-refractivity contribution in [2.24, 2.45) is 0 Å². The minimum atomic E-state index is -1.25. The third-order valence-corrected chi connectivity index (χ3v) is 4.49. The Kier molecular flexibility index (Phi) is 17.3. The van der Waals surface area contributed by atoms with Gasteiger partial charge in [-0.15, -0.1) is 0 Å². The van der Waals surface area contributed by atoms with Crippen LogP contribution < -0.4 is 17.3 Å². The molecule has 156 valence electrons. The summed E-state index contributed by atoms with van der Waals surface area (Å²) in [6.07, 6.45) is 11.5. The van der Waals surface area contributed by atoms with E-state index in [1.165, 1.54) is 25.7 Å². The lowest BCUT2D eigenvalue weighted by atomic mass is 10.1. The average Bonchev–Trinajstić information content (AvgIpc) is 2.54. The normalized spacial score (nSPS) is 11.2. The van der Waals surface area contributed by atoms with Crippen LogP contribution in [-0.2, 0) is 19.1 Å². The summed E-state index contributed by atoms with van der Waals surface area (Å²) in [7, 11) is 3.64. The molecule has 0 saturated heterocycles. The smallest absolute Gasteiger partial charge is 0.403 e. The van der Waals surface area contributed by atoms with Crippen LogP contribution in [0.2, 0.25) is 0 Å². The molecular weight excluding hydrogens is 354 g/mol. The number of halogens is 1. The van der Waals surface area contributed by atoms with Crippen molar-refractivity contribution in [3.05, 3.63) is 0 Å². The second kappa shape index (κ2) is 16.4. The predicted molar refractivity (Wildman–Crippen MR) is 100 cm³/mol. The lowest BCUT2D eigenvalue weighted by molar-refractivity contribution is -0.966. The molecule has 26 heavy (non-hydrogen) atoms. The van der Waals surface area contributed by atoms with E-state index >= 15 is 0 Å². The van der Waals surface area contributed by atoms with Gasteiger partial charge in [0.1, 0.15) is 0 Å². The van der Waals surface area contributed by atoms with Crippen LogP contribution in [0.25, 0.3) is 0 Å². The van der Waals surface area contributed by atoms with Crippen molar-refractivity contribution < 1.29 is 36.4 Å². The molecule has 0 rings (SSSR count). The number of rotatable bonds is 15. The Morgan fingerprint density at radius 1 is 0.731 bits per heavy atom. The first-order valence-corrected chi connectivity index (χ1v) is 10.1. The number of nitrogens with one attached hydrogen (secondary N) is 1. The summed E-state index contributed by atoms with van der Waals surface area (Å²) < 4.78 is 11.0. The van der Waals surface area contributed by atoms with E-state index in [0.29, 0.717) is 12.8 Å². The summed E-state index contributed by atoms with van der Waals surface area (Å²) >= 11 is 0. The number of ether oxygens (including phenoxy) is 2. The number of hydrogen-bond acceptors (Lipinski definition) is 4. The number of esters is 2. The number of quaternary nitrogens is 1. The first-order valence-electron chi connectivity index (χ1n) is 10.1. The van der Waals surface area contributed by atoms with Gasteiger partial charge in [0.2, 0.25) is 0 Å². The van der Waals surface area contributed by atoms with Crippen LogP contribution in [0.15, 0.2) is 0 Å². The molecule has 0 spiro atoms.